The van der Waals surface area contributed by atoms with Gasteiger partial charge in [0.25, 0.3) is 0 Å². The first kappa shape index (κ1) is 25.3. The van der Waals surface area contributed by atoms with Crippen molar-refractivity contribution in [3.8, 4) is 34.8 Å². The SMILES string of the molecule is C=CCCCN=C(C#N)/C(=C/c1ccc(OC)c(OC)c1)c1ccc(OC)c(OC)c1OC. The van der Waals surface area contributed by atoms with Crippen LogP contribution < -0.4 is 23.7 Å². The molecular formula is C26H30N2O5. The third kappa shape index (κ3) is 6.07. The zero-order valence-electron chi connectivity index (χ0n) is 19.8. The van der Waals surface area contributed by atoms with Crippen LogP contribution in [0.25, 0.3) is 11.6 Å². The molecule has 2 aromatic rings. The number of hydrogen-bond donors (Lipinski definition) is 0. The topological polar surface area (TPSA) is 82.3 Å². The Morgan fingerprint density at radius 2 is 1.58 bits per heavy atom. The van der Waals surface area contributed by atoms with Gasteiger partial charge in [-0.2, -0.15) is 5.26 Å². The molecule has 0 heterocycles. The van der Waals surface area contributed by atoms with Gasteiger partial charge in [-0.1, -0.05) is 12.1 Å². The van der Waals surface area contributed by atoms with Crippen molar-refractivity contribution in [1.82, 2.24) is 0 Å². The van der Waals surface area contributed by atoms with Gasteiger partial charge in [0.1, 0.15) is 11.8 Å². The Hall–Kier alpha value is -3.92. The molecule has 0 saturated carbocycles. The number of ether oxygens (including phenoxy) is 5. The van der Waals surface area contributed by atoms with Crippen LogP contribution in [0.1, 0.15) is 24.0 Å². The van der Waals surface area contributed by atoms with Crippen LogP contribution in [-0.4, -0.2) is 47.8 Å². The Morgan fingerprint density at radius 1 is 0.909 bits per heavy atom. The highest BCUT2D eigenvalue weighted by Crippen LogP contribution is 2.43. The van der Waals surface area contributed by atoms with Crippen LogP contribution in [0, 0.1) is 11.3 Å². The lowest BCUT2D eigenvalue weighted by Crippen LogP contribution is -2.05. The maximum Gasteiger partial charge on any atom is 0.203 e. The van der Waals surface area contributed by atoms with Crippen LogP contribution in [0.3, 0.4) is 0 Å². The molecule has 0 aliphatic carbocycles. The molecule has 0 aromatic heterocycles. The van der Waals surface area contributed by atoms with Crippen molar-refractivity contribution in [1.29, 1.82) is 5.26 Å². The summed E-state index contributed by atoms with van der Waals surface area (Å²) in [5.41, 5.74) is 2.31. The highest BCUT2D eigenvalue weighted by Gasteiger charge is 2.21. The average Bonchev–Trinajstić information content (AvgIpc) is 2.86. The maximum absolute atomic E-state index is 9.98. The van der Waals surface area contributed by atoms with Crippen molar-refractivity contribution in [2.75, 3.05) is 42.1 Å². The minimum atomic E-state index is 0.277. The molecule has 0 atom stereocenters. The van der Waals surface area contributed by atoms with E-state index in [0.29, 0.717) is 46.4 Å². The Morgan fingerprint density at radius 3 is 2.15 bits per heavy atom. The number of nitriles is 1. The number of unbranched alkanes of at least 4 members (excludes halogenated alkanes) is 1. The predicted molar refractivity (Wildman–Crippen MR) is 131 cm³/mol. The molecule has 0 radical (unpaired) electrons. The predicted octanol–water partition coefficient (Wildman–Crippen LogP) is 5.20. The van der Waals surface area contributed by atoms with E-state index >= 15 is 0 Å². The first-order chi connectivity index (χ1) is 16.1. The molecule has 0 aliphatic heterocycles. The molecule has 0 spiro atoms. The average molecular weight is 451 g/mol. The quantitative estimate of drug-likeness (QED) is 0.191. The fourth-order valence-electron chi connectivity index (χ4n) is 3.30. The van der Waals surface area contributed by atoms with Gasteiger partial charge >= 0.3 is 0 Å². The van der Waals surface area contributed by atoms with E-state index in [9.17, 15) is 5.26 Å². The summed E-state index contributed by atoms with van der Waals surface area (Å²) < 4.78 is 27.4. The molecule has 0 saturated heterocycles. The Bertz CT molecular complexity index is 1070. The fraction of sp³-hybridized carbons (Fsp3) is 0.308. The Balaban J connectivity index is 2.75. The van der Waals surface area contributed by atoms with Crippen LogP contribution in [0.4, 0.5) is 0 Å². The molecule has 0 bridgehead atoms. The number of nitrogens with zero attached hydrogens (tertiary/aromatic N) is 2. The lowest BCUT2D eigenvalue weighted by Gasteiger charge is -2.17. The second-order valence-corrected chi connectivity index (χ2v) is 6.83. The number of rotatable bonds is 12. The van der Waals surface area contributed by atoms with E-state index in [4.69, 9.17) is 23.7 Å². The smallest absolute Gasteiger partial charge is 0.203 e. The van der Waals surface area contributed by atoms with Crippen molar-refractivity contribution < 1.29 is 23.7 Å². The largest absolute Gasteiger partial charge is 0.493 e. The van der Waals surface area contributed by atoms with Gasteiger partial charge in [-0.25, -0.2) is 0 Å². The van der Waals surface area contributed by atoms with E-state index in [-0.39, 0.29) is 5.71 Å². The molecule has 7 nitrogen and oxygen atoms in total. The summed E-state index contributed by atoms with van der Waals surface area (Å²) in [5, 5.41) is 9.98. The monoisotopic (exact) mass is 450 g/mol. The zero-order chi connectivity index (χ0) is 24.2. The molecule has 174 valence electrons. The molecule has 7 heteroatoms. The van der Waals surface area contributed by atoms with Gasteiger partial charge in [-0.15, -0.1) is 6.58 Å². The number of hydrogen-bond acceptors (Lipinski definition) is 7. The van der Waals surface area contributed by atoms with Gasteiger partial charge < -0.3 is 23.7 Å². The van der Waals surface area contributed by atoms with E-state index in [2.05, 4.69) is 17.6 Å². The third-order valence-corrected chi connectivity index (χ3v) is 4.91. The van der Waals surface area contributed by atoms with Crippen LogP contribution in [0.5, 0.6) is 28.7 Å². The van der Waals surface area contributed by atoms with Crippen molar-refractivity contribution in [3.63, 3.8) is 0 Å². The third-order valence-electron chi connectivity index (χ3n) is 4.91. The molecule has 0 unspecified atom stereocenters. The fourth-order valence-corrected chi connectivity index (χ4v) is 3.30. The van der Waals surface area contributed by atoms with Crippen molar-refractivity contribution >= 4 is 17.4 Å². The summed E-state index contributed by atoms with van der Waals surface area (Å²) in [4.78, 5) is 4.56. The summed E-state index contributed by atoms with van der Waals surface area (Å²) in [6.45, 7) is 4.23. The number of allylic oxidation sites excluding steroid dienone is 2. The molecule has 0 fully saturated rings. The van der Waals surface area contributed by atoms with Crippen LogP contribution >= 0.6 is 0 Å². The summed E-state index contributed by atoms with van der Waals surface area (Å²) in [6.07, 6.45) is 5.30. The zero-order valence-corrected chi connectivity index (χ0v) is 19.8. The molecule has 0 N–H and O–H groups in total. The molecule has 2 aromatic carbocycles. The standard InChI is InChI=1S/C26H30N2O5/c1-7-8-9-14-28-21(17-27)20(15-18-10-12-22(29-2)24(16-18)31-4)19-11-13-23(30-3)26(33-6)25(19)32-5/h7,10-13,15-16H,1,8-9,14H2,2-6H3/b20-15+,28-21?. The molecule has 0 amide bonds. The van der Waals surface area contributed by atoms with Crippen LogP contribution in [-0.2, 0) is 0 Å². The van der Waals surface area contributed by atoms with Gasteiger partial charge in [0, 0.05) is 17.7 Å². The first-order valence-electron chi connectivity index (χ1n) is 10.4. The minimum Gasteiger partial charge on any atom is -0.493 e. The van der Waals surface area contributed by atoms with Crippen molar-refractivity contribution in [3.05, 3.63) is 54.1 Å². The van der Waals surface area contributed by atoms with Gasteiger partial charge in [0.2, 0.25) is 5.75 Å². The number of methoxy groups -OCH3 is 5. The molecular weight excluding hydrogens is 420 g/mol. The second kappa shape index (κ2) is 12.8. The van der Waals surface area contributed by atoms with E-state index in [1.165, 1.54) is 7.11 Å². The van der Waals surface area contributed by atoms with E-state index in [1.807, 2.05) is 30.4 Å². The molecule has 2 rings (SSSR count). The van der Waals surface area contributed by atoms with E-state index in [0.717, 1.165) is 18.4 Å². The number of benzene rings is 2. The molecule has 33 heavy (non-hydrogen) atoms. The lowest BCUT2D eigenvalue weighted by molar-refractivity contribution is 0.324. The molecule has 0 aliphatic rings. The van der Waals surface area contributed by atoms with Gasteiger partial charge in [0.15, 0.2) is 23.0 Å². The lowest BCUT2D eigenvalue weighted by atomic mass is 9.96. The highest BCUT2D eigenvalue weighted by atomic mass is 16.5. The summed E-state index contributed by atoms with van der Waals surface area (Å²) in [7, 11) is 7.79. The van der Waals surface area contributed by atoms with E-state index < -0.39 is 0 Å². The van der Waals surface area contributed by atoms with Crippen LogP contribution in [0.15, 0.2) is 48.0 Å². The number of aliphatic imine (C=N–C) groups is 1. The summed E-state index contributed by atoms with van der Waals surface area (Å²) >= 11 is 0. The van der Waals surface area contributed by atoms with Crippen molar-refractivity contribution in [2.24, 2.45) is 4.99 Å². The normalized spacial score (nSPS) is 11.4. The Kier molecular flexibility index (Phi) is 9.84. The van der Waals surface area contributed by atoms with Crippen LogP contribution in [0.2, 0.25) is 0 Å². The van der Waals surface area contributed by atoms with Gasteiger partial charge in [-0.3, -0.25) is 4.99 Å². The highest BCUT2D eigenvalue weighted by molar-refractivity contribution is 6.35. The van der Waals surface area contributed by atoms with Gasteiger partial charge in [-0.05, 0) is 48.7 Å². The van der Waals surface area contributed by atoms with E-state index in [1.54, 1.807) is 40.6 Å². The first-order valence-corrected chi connectivity index (χ1v) is 10.4. The Labute approximate surface area is 195 Å². The summed E-state index contributed by atoms with van der Waals surface area (Å²) in [5.74, 6) is 2.58. The maximum atomic E-state index is 9.98. The summed E-state index contributed by atoms with van der Waals surface area (Å²) in [6, 6.07) is 11.3. The minimum absolute atomic E-state index is 0.277. The van der Waals surface area contributed by atoms with Gasteiger partial charge in [0.05, 0.1) is 35.5 Å². The second-order valence-electron chi connectivity index (χ2n) is 6.83. The van der Waals surface area contributed by atoms with Crippen molar-refractivity contribution in [2.45, 2.75) is 12.8 Å².